The van der Waals surface area contributed by atoms with Crippen molar-refractivity contribution in [1.29, 1.82) is 0 Å². The Bertz CT molecular complexity index is 470. The van der Waals surface area contributed by atoms with Gasteiger partial charge in [-0.3, -0.25) is 0 Å². The van der Waals surface area contributed by atoms with Gasteiger partial charge in [0, 0.05) is 24.3 Å². The van der Waals surface area contributed by atoms with Crippen molar-refractivity contribution in [1.82, 2.24) is 4.98 Å². The smallest absolute Gasteiger partial charge is 0.185 e. The third kappa shape index (κ3) is 3.47. The van der Waals surface area contributed by atoms with Gasteiger partial charge in [-0.15, -0.1) is 22.9 Å². The summed E-state index contributed by atoms with van der Waals surface area (Å²) in [6.07, 6.45) is 0.983. The second-order valence-corrected chi connectivity index (χ2v) is 5.29. The number of benzene rings is 1. The number of alkyl halides is 1. The van der Waals surface area contributed by atoms with Crippen LogP contribution in [0.25, 0.3) is 0 Å². The van der Waals surface area contributed by atoms with E-state index in [9.17, 15) is 0 Å². The number of hydrogen-bond acceptors (Lipinski definition) is 3. The molecule has 0 unspecified atom stereocenters. The average molecular weight is 281 g/mol. The normalized spacial score (nSPS) is 10.6. The van der Waals surface area contributed by atoms with Crippen molar-refractivity contribution in [2.24, 2.45) is 0 Å². The summed E-state index contributed by atoms with van der Waals surface area (Å²) in [4.78, 5) is 6.87. The Kier molecular flexibility index (Phi) is 5.02. The number of thiazole rings is 1. The molecule has 0 radical (unpaired) electrons. The molecular weight excluding hydrogens is 264 g/mol. The monoisotopic (exact) mass is 280 g/mol. The van der Waals surface area contributed by atoms with Gasteiger partial charge in [-0.2, -0.15) is 0 Å². The molecule has 0 N–H and O–H groups in total. The van der Waals surface area contributed by atoms with Gasteiger partial charge in [0.05, 0.1) is 5.69 Å². The van der Waals surface area contributed by atoms with Crippen molar-refractivity contribution in [2.75, 3.05) is 17.3 Å². The van der Waals surface area contributed by atoms with E-state index in [4.69, 9.17) is 11.6 Å². The van der Waals surface area contributed by atoms with E-state index in [1.54, 1.807) is 11.3 Å². The van der Waals surface area contributed by atoms with Gasteiger partial charge in [-0.1, -0.05) is 37.3 Å². The van der Waals surface area contributed by atoms with Crippen LogP contribution < -0.4 is 4.90 Å². The van der Waals surface area contributed by atoms with E-state index in [2.05, 4.69) is 46.5 Å². The molecule has 2 rings (SSSR count). The van der Waals surface area contributed by atoms with Gasteiger partial charge < -0.3 is 4.90 Å². The highest BCUT2D eigenvalue weighted by Gasteiger charge is 2.10. The van der Waals surface area contributed by atoms with E-state index in [0.717, 1.165) is 30.3 Å². The fourth-order valence-corrected chi connectivity index (χ4v) is 2.89. The third-order valence-electron chi connectivity index (χ3n) is 2.74. The van der Waals surface area contributed by atoms with Gasteiger partial charge in [0.25, 0.3) is 0 Å². The molecular formula is C14H17ClN2S. The maximum atomic E-state index is 5.89. The lowest BCUT2D eigenvalue weighted by molar-refractivity contribution is 0.825. The van der Waals surface area contributed by atoms with Gasteiger partial charge in [-0.05, 0) is 12.0 Å². The highest BCUT2D eigenvalue weighted by Crippen LogP contribution is 2.22. The first-order chi connectivity index (χ1) is 8.83. The molecule has 96 valence electrons. The Morgan fingerprint density at radius 3 is 2.67 bits per heavy atom. The van der Waals surface area contributed by atoms with Crippen LogP contribution in [0.5, 0.6) is 0 Å². The van der Waals surface area contributed by atoms with Gasteiger partial charge in [0.15, 0.2) is 5.13 Å². The first kappa shape index (κ1) is 13.4. The maximum Gasteiger partial charge on any atom is 0.185 e. The quantitative estimate of drug-likeness (QED) is 0.745. The summed E-state index contributed by atoms with van der Waals surface area (Å²) < 4.78 is 0. The van der Waals surface area contributed by atoms with Gasteiger partial charge in [-0.25, -0.2) is 4.98 Å². The molecule has 1 aromatic heterocycles. The molecule has 2 aromatic rings. The molecule has 0 aliphatic rings. The largest absolute Gasteiger partial charge is 0.343 e. The number of rotatable bonds is 6. The summed E-state index contributed by atoms with van der Waals surface area (Å²) in [5.41, 5.74) is 2.44. The molecule has 2 nitrogen and oxygen atoms in total. The van der Waals surface area contributed by atoms with Crippen LogP contribution in [0.15, 0.2) is 35.7 Å². The van der Waals surface area contributed by atoms with Crippen LogP contribution in [0.3, 0.4) is 0 Å². The number of halogens is 1. The second-order valence-electron chi connectivity index (χ2n) is 4.07. The van der Waals surface area contributed by atoms with Crippen molar-refractivity contribution < 1.29 is 0 Å². The van der Waals surface area contributed by atoms with Gasteiger partial charge in [0.1, 0.15) is 0 Å². The van der Waals surface area contributed by atoms with E-state index < -0.39 is 0 Å². The molecule has 0 saturated carbocycles. The van der Waals surface area contributed by atoms with Gasteiger partial charge >= 0.3 is 0 Å². The zero-order chi connectivity index (χ0) is 12.8. The van der Waals surface area contributed by atoms with E-state index in [0.29, 0.717) is 5.88 Å². The minimum atomic E-state index is 0.619. The van der Waals surface area contributed by atoms with Crippen molar-refractivity contribution in [2.45, 2.75) is 19.9 Å². The highest BCUT2D eigenvalue weighted by molar-refractivity contribution is 7.13. The molecule has 0 aliphatic heterocycles. The summed E-state index contributed by atoms with van der Waals surface area (Å²) in [5.74, 6) is 0.619. The Morgan fingerprint density at radius 2 is 2.06 bits per heavy atom. The van der Waals surface area contributed by atoms with Crippen molar-refractivity contribution in [3.63, 3.8) is 0 Å². The molecule has 4 heteroatoms. The van der Waals surface area contributed by atoms with Gasteiger partial charge in [0.2, 0.25) is 0 Å². The number of aryl methyl sites for hydroxylation is 1. The molecule has 0 spiro atoms. The average Bonchev–Trinajstić information content (AvgIpc) is 2.88. The number of anilines is 1. The summed E-state index contributed by atoms with van der Waals surface area (Å²) in [5, 5.41) is 3.19. The Balaban J connectivity index is 2.12. The van der Waals surface area contributed by atoms with Crippen molar-refractivity contribution in [3.05, 3.63) is 47.0 Å². The predicted molar refractivity (Wildman–Crippen MR) is 79.7 cm³/mol. The molecule has 1 aromatic carbocycles. The van der Waals surface area contributed by atoms with Crippen LogP contribution in [-0.4, -0.2) is 17.4 Å². The van der Waals surface area contributed by atoms with Crippen LogP contribution in [0.2, 0.25) is 0 Å². The topological polar surface area (TPSA) is 16.1 Å². The minimum absolute atomic E-state index is 0.619. The Morgan fingerprint density at radius 1 is 1.28 bits per heavy atom. The van der Waals surface area contributed by atoms with Crippen LogP contribution in [-0.2, 0) is 13.0 Å². The minimum Gasteiger partial charge on any atom is -0.343 e. The first-order valence-electron chi connectivity index (χ1n) is 6.12. The molecule has 0 bridgehead atoms. The number of hydrogen-bond donors (Lipinski definition) is 0. The fraction of sp³-hybridized carbons (Fsp3) is 0.357. The van der Waals surface area contributed by atoms with E-state index in [1.807, 2.05) is 6.07 Å². The summed E-state index contributed by atoms with van der Waals surface area (Å²) in [6, 6.07) is 10.4. The van der Waals surface area contributed by atoms with Crippen LogP contribution in [0.1, 0.15) is 18.2 Å². The standard InChI is InChI=1S/C14H17ClN2S/c1-2-13-11-18-14(16-13)17(9-8-15)10-12-6-4-3-5-7-12/h3-7,11H,2,8-10H2,1H3. The highest BCUT2D eigenvalue weighted by atomic mass is 35.5. The van der Waals surface area contributed by atoms with Crippen LogP contribution in [0.4, 0.5) is 5.13 Å². The first-order valence-corrected chi connectivity index (χ1v) is 7.54. The molecule has 0 amide bonds. The Hall–Kier alpha value is -1.06. The lowest BCUT2D eigenvalue weighted by Gasteiger charge is -2.20. The molecule has 1 heterocycles. The lowest BCUT2D eigenvalue weighted by Crippen LogP contribution is -2.24. The van der Waals surface area contributed by atoms with Crippen molar-refractivity contribution >= 4 is 28.1 Å². The molecule has 0 aliphatic carbocycles. The lowest BCUT2D eigenvalue weighted by atomic mass is 10.2. The number of nitrogens with zero attached hydrogens (tertiary/aromatic N) is 2. The van der Waals surface area contributed by atoms with Crippen LogP contribution >= 0.6 is 22.9 Å². The fourth-order valence-electron chi connectivity index (χ4n) is 1.75. The second kappa shape index (κ2) is 6.76. The van der Waals surface area contributed by atoms with Crippen molar-refractivity contribution in [3.8, 4) is 0 Å². The van der Waals surface area contributed by atoms with Crippen LogP contribution in [0, 0.1) is 0 Å². The predicted octanol–water partition coefficient (Wildman–Crippen LogP) is 3.95. The molecule has 0 fully saturated rings. The Labute approximate surface area is 117 Å². The molecule has 0 atom stereocenters. The van der Waals surface area contributed by atoms with E-state index >= 15 is 0 Å². The maximum absolute atomic E-state index is 5.89. The summed E-state index contributed by atoms with van der Waals surface area (Å²) in [7, 11) is 0. The van der Waals surface area contributed by atoms with E-state index in [1.165, 1.54) is 5.56 Å². The van der Waals surface area contributed by atoms with E-state index in [-0.39, 0.29) is 0 Å². The SMILES string of the molecule is CCc1csc(N(CCCl)Cc2ccccc2)n1. The zero-order valence-corrected chi connectivity index (χ0v) is 12.0. The zero-order valence-electron chi connectivity index (χ0n) is 10.5. The summed E-state index contributed by atoms with van der Waals surface area (Å²) >= 11 is 7.59. The molecule has 18 heavy (non-hydrogen) atoms. The third-order valence-corrected chi connectivity index (χ3v) is 3.86. The number of aromatic nitrogens is 1. The molecule has 0 saturated heterocycles. The summed E-state index contributed by atoms with van der Waals surface area (Å²) in [6.45, 7) is 3.82.